The molecular weight excluding hydrogens is 445 g/mol. The molecule has 3 N–H and O–H groups in total. The lowest BCUT2D eigenvalue weighted by molar-refractivity contribution is -0.137. The van der Waals surface area contributed by atoms with Crippen LogP contribution in [0.2, 0.25) is 0 Å². The summed E-state index contributed by atoms with van der Waals surface area (Å²) >= 11 is 0.470. The fourth-order valence-corrected chi connectivity index (χ4v) is 4.00. The van der Waals surface area contributed by atoms with Gasteiger partial charge in [0, 0.05) is 7.11 Å². The van der Waals surface area contributed by atoms with Gasteiger partial charge in [-0.2, -0.15) is 13.2 Å². The summed E-state index contributed by atoms with van der Waals surface area (Å²) in [5, 5.41) is 8.07. The Morgan fingerprint density at radius 1 is 1.22 bits per heavy atom. The van der Waals surface area contributed by atoms with Crippen LogP contribution in [-0.2, 0) is 25.5 Å². The molecule has 172 valence electrons. The highest BCUT2D eigenvalue weighted by atomic mass is 32.2. The first kappa shape index (κ1) is 24.1. The Kier molecular flexibility index (Phi) is 6.87. The number of nitrogens with one attached hydrogen (secondary N) is 1. The Labute approximate surface area is 188 Å². The number of carbonyl (C=O) groups excluding carboxylic acids is 2. The SMILES string of the molecule is COC1(c2ccc(C(F)(F)F)cc2)CC1C(=O)N[C@H](C)c1ccc(C(=O)OSN)c(C)c1. The summed E-state index contributed by atoms with van der Waals surface area (Å²) in [7, 11) is 1.44. The molecular formula is C22H23F3N2O4S. The zero-order chi connectivity index (χ0) is 23.7. The Hall–Kier alpha value is -2.56. The van der Waals surface area contributed by atoms with Crippen LogP contribution in [0.15, 0.2) is 42.5 Å². The number of aryl methyl sites for hydroxylation is 1. The number of benzene rings is 2. The molecule has 3 atom stereocenters. The topological polar surface area (TPSA) is 90.6 Å². The first-order valence-corrected chi connectivity index (χ1v) is 10.6. The second-order valence-electron chi connectivity index (χ2n) is 7.70. The van der Waals surface area contributed by atoms with Crippen LogP contribution in [0.4, 0.5) is 13.2 Å². The van der Waals surface area contributed by atoms with E-state index < -0.39 is 29.2 Å². The molecule has 1 aliphatic carbocycles. The average molecular weight is 468 g/mol. The number of alkyl halides is 3. The third-order valence-electron chi connectivity index (χ3n) is 5.74. The summed E-state index contributed by atoms with van der Waals surface area (Å²) in [4.78, 5) is 24.7. The molecule has 0 aliphatic heterocycles. The van der Waals surface area contributed by atoms with Crippen LogP contribution in [0.3, 0.4) is 0 Å². The smallest absolute Gasteiger partial charge is 0.373 e. The molecule has 6 nitrogen and oxygen atoms in total. The first-order chi connectivity index (χ1) is 15.0. The van der Waals surface area contributed by atoms with Gasteiger partial charge in [-0.25, -0.2) is 9.93 Å². The molecule has 1 saturated carbocycles. The molecule has 0 saturated heterocycles. The van der Waals surface area contributed by atoms with E-state index in [1.807, 2.05) is 0 Å². The number of nitrogens with two attached hydrogens (primary N) is 1. The van der Waals surface area contributed by atoms with Gasteiger partial charge in [-0.3, -0.25) is 4.79 Å². The molecule has 1 amide bonds. The van der Waals surface area contributed by atoms with Crippen molar-refractivity contribution >= 4 is 24.1 Å². The van der Waals surface area contributed by atoms with Crippen molar-refractivity contribution in [3.63, 3.8) is 0 Å². The number of ether oxygens (including phenoxy) is 1. The molecule has 2 unspecified atom stereocenters. The van der Waals surface area contributed by atoms with E-state index >= 15 is 0 Å². The van der Waals surface area contributed by atoms with E-state index in [9.17, 15) is 22.8 Å². The van der Waals surface area contributed by atoms with Crippen molar-refractivity contribution in [3.8, 4) is 0 Å². The van der Waals surface area contributed by atoms with Crippen molar-refractivity contribution < 1.29 is 31.7 Å². The van der Waals surface area contributed by atoms with E-state index in [2.05, 4.69) is 5.32 Å². The van der Waals surface area contributed by atoms with Gasteiger partial charge in [0.15, 0.2) is 0 Å². The number of hydrogen-bond acceptors (Lipinski definition) is 6. The molecule has 0 heterocycles. The maximum atomic E-state index is 12.8. The van der Waals surface area contributed by atoms with Crippen molar-refractivity contribution in [3.05, 3.63) is 70.3 Å². The lowest BCUT2D eigenvalue weighted by atomic mass is 10.0. The van der Waals surface area contributed by atoms with Gasteiger partial charge >= 0.3 is 12.1 Å². The zero-order valence-corrected chi connectivity index (χ0v) is 18.5. The maximum absolute atomic E-state index is 12.8. The van der Waals surface area contributed by atoms with Gasteiger partial charge in [0.05, 0.1) is 23.1 Å². The quantitative estimate of drug-likeness (QED) is 0.462. The van der Waals surface area contributed by atoms with Gasteiger partial charge in [0.2, 0.25) is 5.91 Å². The van der Waals surface area contributed by atoms with Crippen LogP contribution < -0.4 is 10.5 Å². The number of halogens is 3. The summed E-state index contributed by atoms with van der Waals surface area (Å²) in [5.41, 5.74) is 0.647. The molecule has 0 bridgehead atoms. The average Bonchev–Trinajstić information content (AvgIpc) is 3.49. The highest BCUT2D eigenvalue weighted by Crippen LogP contribution is 2.55. The van der Waals surface area contributed by atoms with Gasteiger partial charge in [-0.05, 0) is 55.2 Å². The van der Waals surface area contributed by atoms with Crippen LogP contribution in [0, 0.1) is 12.8 Å². The molecule has 32 heavy (non-hydrogen) atoms. The van der Waals surface area contributed by atoms with E-state index in [0.29, 0.717) is 35.3 Å². The van der Waals surface area contributed by atoms with Gasteiger partial charge < -0.3 is 14.2 Å². The fourth-order valence-electron chi connectivity index (χ4n) is 3.82. The minimum absolute atomic E-state index is 0.264. The highest BCUT2D eigenvalue weighted by Gasteiger charge is 2.60. The van der Waals surface area contributed by atoms with E-state index in [1.54, 1.807) is 32.0 Å². The van der Waals surface area contributed by atoms with Crippen molar-refractivity contribution in [1.29, 1.82) is 0 Å². The number of amides is 1. The summed E-state index contributed by atoms with van der Waals surface area (Å²) in [6, 6.07) is 9.41. The van der Waals surface area contributed by atoms with Gasteiger partial charge in [-0.15, -0.1) is 0 Å². The van der Waals surface area contributed by atoms with Crippen LogP contribution in [-0.4, -0.2) is 19.0 Å². The highest BCUT2D eigenvalue weighted by molar-refractivity contribution is 7.92. The van der Waals surface area contributed by atoms with Crippen molar-refractivity contribution in [2.75, 3.05) is 7.11 Å². The van der Waals surface area contributed by atoms with E-state index in [0.717, 1.165) is 17.7 Å². The summed E-state index contributed by atoms with van der Waals surface area (Å²) in [5.74, 6) is -1.35. The zero-order valence-electron chi connectivity index (χ0n) is 17.7. The molecule has 2 aromatic rings. The largest absolute Gasteiger partial charge is 0.416 e. The van der Waals surface area contributed by atoms with Crippen LogP contribution in [0.5, 0.6) is 0 Å². The second-order valence-corrected chi connectivity index (χ2v) is 8.06. The molecule has 10 heteroatoms. The predicted molar refractivity (Wildman–Crippen MR) is 113 cm³/mol. The molecule has 0 aromatic heterocycles. The Morgan fingerprint density at radius 3 is 2.41 bits per heavy atom. The molecule has 2 aromatic carbocycles. The Morgan fingerprint density at radius 2 is 1.88 bits per heavy atom. The van der Waals surface area contributed by atoms with Crippen molar-refractivity contribution in [2.24, 2.45) is 11.1 Å². The van der Waals surface area contributed by atoms with Crippen molar-refractivity contribution in [1.82, 2.24) is 5.32 Å². The van der Waals surface area contributed by atoms with Crippen LogP contribution in [0.25, 0.3) is 0 Å². The Bertz CT molecular complexity index is 1010. The first-order valence-electron chi connectivity index (χ1n) is 9.75. The predicted octanol–water partition coefficient (Wildman–Crippen LogP) is 4.43. The number of rotatable bonds is 7. The minimum Gasteiger partial charge on any atom is -0.373 e. The van der Waals surface area contributed by atoms with E-state index in [1.165, 1.54) is 19.2 Å². The molecule has 3 rings (SSSR count). The van der Waals surface area contributed by atoms with Crippen LogP contribution >= 0.6 is 12.2 Å². The normalized spacial score (nSPS) is 21.0. The van der Waals surface area contributed by atoms with E-state index in [4.69, 9.17) is 14.1 Å². The minimum atomic E-state index is -4.43. The summed E-state index contributed by atoms with van der Waals surface area (Å²) in [6.45, 7) is 3.55. The molecule has 1 fully saturated rings. The standard InChI is InChI=1S/C22H23F3N2O4S/c1-12-10-14(4-9-17(12)20(29)31-32-26)13(2)27-19(28)18-11-21(18,30-3)15-5-7-16(8-6-15)22(23,24)25/h4-10,13,18H,11,26H2,1-3H3,(H,27,28)/t13-,18?,21?/m1/s1. The lowest BCUT2D eigenvalue weighted by Crippen LogP contribution is -2.31. The van der Waals surface area contributed by atoms with Crippen LogP contribution in [0.1, 0.15) is 52.0 Å². The third-order valence-corrected chi connectivity index (χ3v) is 5.99. The monoisotopic (exact) mass is 468 g/mol. The lowest BCUT2D eigenvalue weighted by Gasteiger charge is -2.19. The maximum Gasteiger partial charge on any atom is 0.416 e. The molecule has 1 aliphatic rings. The van der Waals surface area contributed by atoms with Gasteiger partial charge in [-0.1, -0.05) is 24.3 Å². The van der Waals surface area contributed by atoms with E-state index in [-0.39, 0.29) is 11.9 Å². The number of hydrogen-bond donors (Lipinski definition) is 2. The van der Waals surface area contributed by atoms with Gasteiger partial charge in [0.1, 0.15) is 17.8 Å². The van der Waals surface area contributed by atoms with Crippen molar-refractivity contribution in [2.45, 2.75) is 38.1 Å². The second kappa shape index (κ2) is 9.13. The van der Waals surface area contributed by atoms with Gasteiger partial charge in [0.25, 0.3) is 0 Å². The number of carbonyl (C=O) groups is 2. The molecule has 0 spiro atoms. The summed E-state index contributed by atoms with van der Waals surface area (Å²) in [6.07, 6.45) is -4.06. The summed E-state index contributed by atoms with van der Waals surface area (Å²) < 4.78 is 48.8. The number of methoxy groups -OCH3 is 1. The molecule has 0 radical (unpaired) electrons. The third kappa shape index (κ3) is 4.77. The fraction of sp³-hybridized carbons (Fsp3) is 0.364. The Balaban J connectivity index is 1.69.